The van der Waals surface area contributed by atoms with Crippen LogP contribution in [0.4, 0.5) is 0 Å². The van der Waals surface area contributed by atoms with Crippen molar-refractivity contribution < 1.29 is 4.74 Å². The van der Waals surface area contributed by atoms with Gasteiger partial charge in [-0.1, -0.05) is 48.5 Å². The molecule has 0 saturated carbocycles. The molecule has 0 bridgehead atoms. The molecule has 2 heteroatoms. The van der Waals surface area contributed by atoms with Gasteiger partial charge < -0.3 is 10.5 Å². The minimum Gasteiger partial charge on any atom is -0.372 e. The first kappa shape index (κ1) is 13.3. The Morgan fingerprint density at radius 1 is 1.00 bits per heavy atom. The summed E-state index contributed by atoms with van der Waals surface area (Å²) in [5.41, 5.74) is 11.6. The lowest BCUT2D eigenvalue weighted by Gasteiger charge is -2.13. The van der Waals surface area contributed by atoms with E-state index in [1.807, 2.05) is 0 Å². The molecule has 2 aromatic carbocycles. The van der Waals surface area contributed by atoms with Crippen LogP contribution >= 0.6 is 0 Å². The molecule has 0 saturated heterocycles. The third kappa shape index (κ3) is 3.09. The van der Waals surface area contributed by atoms with E-state index in [-0.39, 0.29) is 6.04 Å². The summed E-state index contributed by atoms with van der Waals surface area (Å²) in [6.07, 6.45) is 3.25. The van der Waals surface area contributed by atoms with E-state index in [2.05, 4.69) is 48.5 Å². The van der Waals surface area contributed by atoms with E-state index < -0.39 is 0 Å². The molecule has 1 aliphatic heterocycles. The van der Waals surface area contributed by atoms with Crippen molar-refractivity contribution in [2.75, 3.05) is 0 Å². The zero-order valence-corrected chi connectivity index (χ0v) is 11.7. The van der Waals surface area contributed by atoms with E-state index in [0.29, 0.717) is 0 Å². The van der Waals surface area contributed by atoms with Crippen LogP contribution < -0.4 is 5.73 Å². The highest BCUT2D eigenvalue weighted by atomic mass is 16.5. The van der Waals surface area contributed by atoms with Crippen molar-refractivity contribution in [2.45, 2.75) is 38.5 Å². The number of rotatable bonds is 5. The van der Waals surface area contributed by atoms with Crippen LogP contribution in [0.15, 0.2) is 48.5 Å². The molecular weight excluding hydrogens is 246 g/mol. The molecule has 20 heavy (non-hydrogen) atoms. The summed E-state index contributed by atoms with van der Waals surface area (Å²) in [4.78, 5) is 0. The van der Waals surface area contributed by atoms with Crippen LogP contribution in [0.5, 0.6) is 0 Å². The van der Waals surface area contributed by atoms with Gasteiger partial charge in [-0.2, -0.15) is 0 Å². The number of ether oxygens (including phenoxy) is 1. The molecule has 0 spiro atoms. The van der Waals surface area contributed by atoms with E-state index in [1.165, 1.54) is 22.3 Å². The van der Waals surface area contributed by atoms with Gasteiger partial charge in [0.2, 0.25) is 0 Å². The fraction of sp³-hybridized carbons (Fsp3) is 0.333. The Hall–Kier alpha value is -1.64. The van der Waals surface area contributed by atoms with Crippen LogP contribution in [0.25, 0.3) is 0 Å². The number of fused-ring (bicyclic) bond motifs is 1. The molecule has 1 heterocycles. The molecule has 1 atom stereocenters. The van der Waals surface area contributed by atoms with Crippen LogP contribution in [-0.4, -0.2) is 0 Å². The summed E-state index contributed by atoms with van der Waals surface area (Å²) in [6.45, 7) is 1.48. The first-order chi connectivity index (χ1) is 9.83. The second-order valence-corrected chi connectivity index (χ2v) is 5.51. The summed E-state index contributed by atoms with van der Waals surface area (Å²) in [5.74, 6) is 0. The van der Waals surface area contributed by atoms with Gasteiger partial charge in [0.1, 0.15) is 0 Å². The zero-order valence-electron chi connectivity index (χ0n) is 11.7. The van der Waals surface area contributed by atoms with Gasteiger partial charge >= 0.3 is 0 Å². The number of nitrogens with two attached hydrogens (primary N) is 1. The van der Waals surface area contributed by atoms with Gasteiger partial charge in [-0.25, -0.2) is 0 Å². The van der Waals surface area contributed by atoms with Crippen molar-refractivity contribution in [1.82, 2.24) is 0 Å². The van der Waals surface area contributed by atoms with Crippen molar-refractivity contribution in [2.24, 2.45) is 5.73 Å². The summed E-state index contributed by atoms with van der Waals surface area (Å²) in [5, 5.41) is 0. The maximum absolute atomic E-state index is 6.31. The van der Waals surface area contributed by atoms with Gasteiger partial charge in [-0.05, 0) is 41.5 Å². The van der Waals surface area contributed by atoms with Gasteiger partial charge in [0.25, 0.3) is 0 Å². The predicted molar refractivity (Wildman–Crippen MR) is 81.2 cm³/mol. The lowest BCUT2D eigenvalue weighted by atomic mass is 9.97. The smallest absolute Gasteiger partial charge is 0.0725 e. The molecule has 0 aromatic heterocycles. The van der Waals surface area contributed by atoms with E-state index in [4.69, 9.17) is 10.5 Å². The maximum atomic E-state index is 6.31. The number of hydrogen-bond donors (Lipinski definition) is 1. The number of benzene rings is 2. The Bertz CT molecular complexity index is 565. The minimum absolute atomic E-state index is 0.129. The molecule has 0 fully saturated rings. The molecule has 2 nitrogen and oxygen atoms in total. The summed E-state index contributed by atoms with van der Waals surface area (Å²) in [6, 6.07) is 17.3. The topological polar surface area (TPSA) is 35.2 Å². The van der Waals surface area contributed by atoms with Crippen LogP contribution in [0, 0.1) is 0 Å². The highest BCUT2D eigenvalue weighted by molar-refractivity contribution is 5.34. The Labute approximate surface area is 120 Å². The fourth-order valence-electron chi connectivity index (χ4n) is 2.76. The zero-order chi connectivity index (χ0) is 13.8. The highest BCUT2D eigenvalue weighted by Gasteiger charge is 2.13. The standard InChI is InChI=1S/C18H21NO/c19-18(8-4-7-14-5-2-1-3-6-14)15-9-10-16-12-20-13-17(16)11-15/h1-3,5-6,9-11,18H,4,7-8,12-13,19H2. The first-order valence-electron chi connectivity index (χ1n) is 7.32. The maximum Gasteiger partial charge on any atom is 0.0725 e. The summed E-state index contributed by atoms with van der Waals surface area (Å²) < 4.78 is 5.45. The number of hydrogen-bond acceptors (Lipinski definition) is 2. The molecule has 0 amide bonds. The van der Waals surface area contributed by atoms with Crippen LogP contribution in [0.2, 0.25) is 0 Å². The third-order valence-corrected chi connectivity index (χ3v) is 4.00. The van der Waals surface area contributed by atoms with Crippen molar-refractivity contribution in [3.8, 4) is 0 Å². The highest BCUT2D eigenvalue weighted by Crippen LogP contribution is 2.25. The normalized spacial score (nSPS) is 15.1. The summed E-state index contributed by atoms with van der Waals surface area (Å²) >= 11 is 0. The molecule has 2 N–H and O–H groups in total. The van der Waals surface area contributed by atoms with Gasteiger partial charge in [0.05, 0.1) is 13.2 Å². The summed E-state index contributed by atoms with van der Waals surface area (Å²) in [7, 11) is 0. The molecule has 0 radical (unpaired) electrons. The van der Waals surface area contributed by atoms with E-state index in [1.54, 1.807) is 0 Å². The largest absolute Gasteiger partial charge is 0.372 e. The van der Waals surface area contributed by atoms with Gasteiger partial charge in [-0.15, -0.1) is 0 Å². The molecule has 1 aliphatic rings. The van der Waals surface area contributed by atoms with Crippen molar-refractivity contribution >= 4 is 0 Å². The van der Waals surface area contributed by atoms with Gasteiger partial charge in [-0.3, -0.25) is 0 Å². The van der Waals surface area contributed by atoms with Gasteiger partial charge in [0.15, 0.2) is 0 Å². The lowest BCUT2D eigenvalue weighted by Crippen LogP contribution is -2.11. The van der Waals surface area contributed by atoms with Crippen molar-refractivity contribution in [3.05, 3.63) is 70.8 Å². The molecule has 104 valence electrons. The fourth-order valence-corrected chi connectivity index (χ4v) is 2.76. The monoisotopic (exact) mass is 267 g/mol. The Balaban J connectivity index is 1.55. The van der Waals surface area contributed by atoms with E-state index >= 15 is 0 Å². The Morgan fingerprint density at radius 3 is 2.65 bits per heavy atom. The molecule has 0 aliphatic carbocycles. The molecular formula is C18H21NO. The average molecular weight is 267 g/mol. The quantitative estimate of drug-likeness (QED) is 0.895. The van der Waals surface area contributed by atoms with Crippen LogP contribution in [0.3, 0.4) is 0 Å². The second-order valence-electron chi connectivity index (χ2n) is 5.51. The second kappa shape index (κ2) is 6.21. The average Bonchev–Trinajstić information content (AvgIpc) is 2.95. The van der Waals surface area contributed by atoms with Crippen LogP contribution in [-0.2, 0) is 24.4 Å². The first-order valence-corrected chi connectivity index (χ1v) is 7.32. The Morgan fingerprint density at radius 2 is 1.80 bits per heavy atom. The van der Waals surface area contributed by atoms with Crippen molar-refractivity contribution in [1.29, 1.82) is 0 Å². The Kier molecular flexibility index (Phi) is 4.14. The van der Waals surface area contributed by atoms with Crippen molar-refractivity contribution in [3.63, 3.8) is 0 Å². The van der Waals surface area contributed by atoms with E-state index in [0.717, 1.165) is 32.5 Å². The molecule has 3 rings (SSSR count). The predicted octanol–water partition coefficient (Wildman–Crippen LogP) is 3.74. The molecule has 1 unspecified atom stereocenters. The SMILES string of the molecule is NC(CCCc1ccccc1)c1ccc2c(c1)COC2. The van der Waals surface area contributed by atoms with E-state index in [9.17, 15) is 0 Å². The van der Waals surface area contributed by atoms with Crippen LogP contribution in [0.1, 0.15) is 41.1 Å². The lowest BCUT2D eigenvalue weighted by molar-refractivity contribution is 0.134. The van der Waals surface area contributed by atoms with Gasteiger partial charge in [0, 0.05) is 6.04 Å². The molecule has 2 aromatic rings. The number of aryl methyl sites for hydroxylation is 1. The third-order valence-electron chi connectivity index (χ3n) is 4.00. The minimum atomic E-state index is 0.129.